The molecule has 30 heavy (non-hydrogen) atoms. The number of rotatable bonds is 7. The van der Waals surface area contributed by atoms with Crippen molar-refractivity contribution < 1.29 is 23.9 Å². The molecule has 0 aliphatic carbocycles. The van der Waals surface area contributed by atoms with Gasteiger partial charge >= 0.3 is 5.97 Å². The van der Waals surface area contributed by atoms with Crippen molar-refractivity contribution in [2.45, 2.75) is 39.3 Å². The number of hydrogen-bond acceptors (Lipinski definition) is 5. The van der Waals surface area contributed by atoms with Crippen molar-refractivity contribution in [3.63, 3.8) is 0 Å². The fourth-order valence-corrected chi connectivity index (χ4v) is 3.28. The van der Waals surface area contributed by atoms with Gasteiger partial charge in [0, 0.05) is 6.54 Å². The Kier molecular flexibility index (Phi) is 6.30. The highest BCUT2D eigenvalue weighted by Crippen LogP contribution is 2.26. The van der Waals surface area contributed by atoms with Gasteiger partial charge in [0.25, 0.3) is 17.7 Å². The molecule has 1 heterocycles. The second-order valence-corrected chi connectivity index (χ2v) is 7.31. The molecule has 0 saturated heterocycles. The molecule has 7 heteroatoms. The molecule has 0 spiro atoms. The number of nitrogens with zero attached hydrogens (tertiary/aromatic N) is 1. The molecule has 0 radical (unpaired) electrons. The van der Waals surface area contributed by atoms with Crippen LogP contribution in [-0.4, -0.2) is 47.3 Å². The molecule has 1 aliphatic heterocycles. The summed E-state index contributed by atoms with van der Waals surface area (Å²) in [5.74, 6) is -2.33. The van der Waals surface area contributed by atoms with E-state index < -0.39 is 35.8 Å². The Morgan fingerprint density at radius 1 is 1.00 bits per heavy atom. The predicted octanol–water partition coefficient (Wildman–Crippen LogP) is 2.27. The molecule has 2 unspecified atom stereocenters. The number of aryl methyl sites for hydroxylation is 1. The van der Waals surface area contributed by atoms with Crippen LogP contribution < -0.4 is 5.32 Å². The van der Waals surface area contributed by atoms with E-state index in [1.807, 2.05) is 37.3 Å². The Labute approximate surface area is 175 Å². The summed E-state index contributed by atoms with van der Waals surface area (Å²) in [6.07, 6.45) is -0.397. The SMILES string of the molecule is Cc1ccc2c(c1)C(=O)N(C(C)C(=O)OC(C)C(=O)NCCc1ccccc1)C2=O. The van der Waals surface area contributed by atoms with Gasteiger partial charge in [0.15, 0.2) is 6.10 Å². The van der Waals surface area contributed by atoms with Gasteiger partial charge in [-0.05, 0) is 44.9 Å². The van der Waals surface area contributed by atoms with Gasteiger partial charge in [-0.15, -0.1) is 0 Å². The molecule has 2 atom stereocenters. The molecule has 0 bridgehead atoms. The minimum absolute atomic E-state index is 0.261. The highest BCUT2D eigenvalue weighted by Gasteiger charge is 2.42. The van der Waals surface area contributed by atoms with Gasteiger partial charge in [-0.25, -0.2) is 4.79 Å². The molecule has 0 fully saturated rings. The molecule has 156 valence electrons. The number of carbonyl (C=O) groups excluding carboxylic acids is 4. The second-order valence-electron chi connectivity index (χ2n) is 7.31. The standard InChI is InChI=1S/C23H24N2O5/c1-14-9-10-18-19(13-14)22(28)25(21(18)27)15(2)23(29)30-16(3)20(26)24-12-11-17-7-5-4-6-8-17/h4-10,13,15-16H,11-12H2,1-3H3,(H,24,26). The second kappa shape index (κ2) is 8.90. The molecule has 2 aromatic carbocycles. The number of nitrogens with one attached hydrogen (secondary N) is 1. The maximum atomic E-state index is 12.6. The highest BCUT2D eigenvalue weighted by molar-refractivity contribution is 6.22. The molecule has 7 nitrogen and oxygen atoms in total. The van der Waals surface area contributed by atoms with Crippen LogP contribution in [0.1, 0.15) is 45.7 Å². The van der Waals surface area contributed by atoms with Gasteiger partial charge < -0.3 is 10.1 Å². The number of amides is 3. The molecule has 0 aromatic heterocycles. The predicted molar refractivity (Wildman–Crippen MR) is 110 cm³/mol. The monoisotopic (exact) mass is 408 g/mol. The largest absolute Gasteiger partial charge is 0.451 e. The number of benzene rings is 2. The molecule has 1 aliphatic rings. The van der Waals surface area contributed by atoms with Gasteiger partial charge in [0.1, 0.15) is 6.04 Å². The maximum Gasteiger partial charge on any atom is 0.329 e. The van der Waals surface area contributed by atoms with Crippen molar-refractivity contribution in [3.8, 4) is 0 Å². The summed E-state index contributed by atoms with van der Waals surface area (Å²) in [5.41, 5.74) is 2.45. The van der Waals surface area contributed by atoms with Crippen LogP contribution in [0.25, 0.3) is 0 Å². The third kappa shape index (κ3) is 4.40. The summed E-state index contributed by atoms with van der Waals surface area (Å²) < 4.78 is 5.21. The zero-order valence-electron chi connectivity index (χ0n) is 17.2. The van der Waals surface area contributed by atoms with Crippen LogP contribution in [0.3, 0.4) is 0 Å². The van der Waals surface area contributed by atoms with Crippen molar-refractivity contribution in [1.82, 2.24) is 10.2 Å². The Morgan fingerprint density at radius 2 is 1.67 bits per heavy atom. The van der Waals surface area contributed by atoms with Gasteiger partial charge in [-0.3, -0.25) is 19.3 Å². The molecule has 0 saturated carbocycles. The average Bonchev–Trinajstić information content (AvgIpc) is 2.97. The molecule has 3 rings (SSSR count). The summed E-state index contributed by atoms with van der Waals surface area (Å²) in [6, 6.07) is 13.5. The first-order valence-corrected chi connectivity index (χ1v) is 9.80. The van der Waals surface area contributed by atoms with Crippen LogP contribution in [0, 0.1) is 6.92 Å². The molecular formula is C23H24N2O5. The molecule has 1 N–H and O–H groups in total. The first-order chi connectivity index (χ1) is 14.3. The van der Waals surface area contributed by atoms with Crippen LogP contribution in [0.5, 0.6) is 0 Å². The Hall–Kier alpha value is -3.48. The van der Waals surface area contributed by atoms with E-state index in [1.54, 1.807) is 18.2 Å². The van der Waals surface area contributed by atoms with Crippen LogP contribution in [-0.2, 0) is 20.7 Å². The van der Waals surface area contributed by atoms with E-state index in [-0.39, 0.29) is 11.1 Å². The van der Waals surface area contributed by atoms with Crippen LogP contribution in [0.2, 0.25) is 0 Å². The minimum atomic E-state index is -1.14. The number of fused-ring (bicyclic) bond motifs is 1. The lowest BCUT2D eigenvalue weighted by molar-refractivity contribution is -0.158. The summed E-state index contributed by atoms with van der Waals surface area (Å²) >= 11 is 0. The number of esters is 1. The summed E-state index contributed by atoms with van der Waals surface area (Å²) in [5, 5.41) is 2.72. The van der Waals surface area contributed by atoms with Crippen LogP contribution >= 0.6 is 0 Å². The van der Waals surface area contributed by atoms with Crippen LogP contribution in [0.4, 0.5) is 0 Å². The van der Waals surface area contributed by atoms with Crippen molar-refractivity contribution in [2.75, 3.05) is 6.54 Å². The van der Waals surface area contributed by atoms with Gasteiger partial charge in [-0.1, -0.05) is 42.0 Å². The van der Waals surface area contributed by atoms with Gasteiger partial charge in [0.05, 0.1) is 11.1 Å². The van der Waals surface area contributed by atoms with Gasteiger partial charge in [0.2, 0.25) is 0 Å². The normalized spacial score (nSPS) is 14.8. The topological polar surface area (TPSA) is 92.8 Å². The Morgan fingerprint density at radius 3 is 2.37 bits per heavy atom. The smallest absolute Gasteiger partial charge is 0.329 e. The zero-order chi connectivity index (χ0) is 21.8. The lowest BCUT2D eigenvalue weighted by Crippen LogP contribution is -2.46. The molecule has 3 amide bonds. The molecule has 2 aromatic rings. The minimum Gasteiger partial charge on any atom is -0.451 e. The average molecular weight is 408 g/mol. The maximum absolute atomic E-state index is 12.6. The quantitative estimate of drug-likeness (QED) is 0.560. The number of hydrogen-bond donors (Lipinski definition) is 1. The van der Waals surface area contributed by atoms with E-state index in [0.29, 0.717) is 13.0 Å². The van der Waals surface area contributed by atoms with Crippen LogP contribution in [0.15, 0.2) is 48.5 Å². The third-order valence-electron chi connectivity index (χ3n) is 5.02. The van der Waals surface area contributed by atoms with Crippen molar-refractivity contribution in [1.29, 1.82) is 0 Å². The first kappa shape index (κ1) is 21.2. The zero-order valence-corrected chi connectivity index (χ0v) is 17.2. The summed E-state index contributed by atoms with van der Waals surface area (Å²) in [4.78, 5) is 50.8. The van der Waals surface area contributed by atoms with E-state index in [2.05, 4.69) is 5.32 Å². The van der Waals surface area contributed by atoms with Crippen molar-refractivity contribution in [2.24, 2.45) is 0 Å². The summed E-state index contributed by atoms with van der Waals surface area (Å²) in [7, 11) is 0. The van der Waals surface area contributed by atoms with Crippen molar-refractivity contribution in [3.05, 3.63) is 70.8 Å². The fraction of sp³-hybridized carbons (Fsp3) is 0.304. The Balaban J connectivity index is 1.55. The number of carbonyl (C=O) groups is 4. The molecular weight excluding hydrogens is 384 g/mol. The van der Waals surface area contributed by atoms with E-state index in [0.717, 1.165) is 16.0 Å². The number of imide groups is 1. The highest BCUT2D eigenvalue weighted by atomic mass is 16.5. The first-order valence-electron chi connectivity index (χ1n) is 9.80. The number of ether oxygens (including phenoxy) is 1. The Bertz CT molecular complexity index is 986. The van der Waals surface area contributed by atoms with E-state index in [9.17, 15) is 19.2 Å². The van der Waals surface area contributed by atoms with E-state index in [1.165, 1.54) is 13.8 Å². The summed E-state index contributed by atoms with van der Waals surface area (Å²) in [6.45, 7) is 5.08. The lowest BCUT2D eigenvalue weighted by atomic mass is 10.1. The third-order valence-corrected chi connectivity index (χ3v) is 5.02. The van der Waals surface area contributed by atoms with E-state index >= 15 is 0 Å². The van der Waals surface area contributed by atoms with Crippen molar-refractivity contribution >= 4 is 23.7 Å². The van der Waals surface area contributed by atoms with E-state index in [4.69, 9.17) is 4.74 Å². The lowest BCUT2D eigenvalue weighted by Gasteiger charge is -2.22. The van der Waals surface area contributed by atoms with Gasteiger partial charge in [-0.2, -0.15) is 0 Å². The fourth-order valence-electron chi connectivity index (χ4n) is 3.28.